The van der Waals surface area contributed by atoms with E-state index in [1.165, 1.54) is 5.56 Å². The predicted octanol–water partition coefficient (Wildman–Crippen LogP) is 5.74. The second-order valence-electron chi connectivity index (χ2n) is 8.24. The van der Waals surface area contributed by atoms with Crippen LogP contribution < -0.4 is 10.1 Å². The summed E-state index contributed by atoms with van der Waals surface area (Å²) in [5.74, 6) is 0.590. The standard InChI is InChI=1S/C27H26ClN3O4/c1-17-7-12-21(15-18(17)2)34-25(22-5-3-4-6-23(22)28)27-30-26(31-35-27)20-10-8-19(9-11-20)16-29-14-13-24(32)33/h3-12,15,25,29H,13-14,16H2,1-2H3,(H,32,33). The minimum Gasteiger partial charge on any atom is -0.481 e. The van der Waals surface area contributed by atoms with Crippen LogP contribution in [0.15, 0.2) is 71.3 Å². The number of carboxylic acid groups (broad SMARTS) is 1. The molecular weight excluding hydrogens is 466 g/mol. The average Bonchev–Trinajstić information content (AvgIpc) is 3.33. The van der Waals surface area contributed by atoms with Crippen molar-refractivity contribution < 1.29 is 19.2 Å². The van der Waals surface area contributed by atoms with Gasteiger partial charge in [0, 0.05) is 29.2 Å². The number of aryl methyl sites for hydroxylation is 2. The molecule has 1 heterocycles. The molecule has 4 rings (SSSR count). The zero-order valence-electron chi connectivity index (χ0n) is 19.5. The molecule has 1 aromatic heterocycles. The number of nitrogens with zero attached hydrogens (tertiary/aromatic N) is 2. The quantitative estimate of drug-likeness (QED) is 0.273. The number of aromatic nitrogens is 2. The van der Waals surface area contributed by atoms with Gasteiger partial charge in [0.2, 0.25) is 11.9 Å². The lowest BCUT2D eigenvalue weighted by Gasteiger charge is -2.18. The van der Waals surface area contributed by atoms with Gasteiger partial charge >= 0.3 is 5.97 Å². The molecule has 3 aromatic carbocycles. The van der Waals surface area contributed by atoms with Crippen LogP contribution in [0.25, 0.3) is 11.4 Å². The molecule has 1 atom stereocenters. The average molecular weight is 492 g/mol. The Labute approximate surface area is 208 Å². The van der Waals surface area contributed by atoms with Gasteiger partial charge in [-0.1, -0.05) is 65.3 Å². The Morgan fingerprint density at radius 1 is 1.09 bits per heavy atom. The Morgan fingerprint density at radius 3 is 2.57 bits per heavy atom. The van der Waals surface area contributed by atoms with Gasteiger partial charge in [-0.2, -0.15) is 4.98 Å². The summed E-state index contributed by atoms with van der Waals surface area (Å²) in [5.41, 5.74) is 4.83. The molecule has 0 radical (unpaired) electrons. The highest BCUT2D eigenvalue weighted by atomic mass is 35.5. The number of halogens is 1. The monoisotopic (exact) mass is 491 g/mol. The normalized spacial score (nSPS) is 11.9. The molecule has 0 bridgehead atoms. The fourth-order valence-electron chi connectivity index (χ4n) is 3.52. The van der Waals surface area contributed by atoms with E-state index in [2.05, 4.69) is 15.5 Å². The van der Waals surface area contributed by atoms with Crippen molar-refractivity contribution in [3.05, 3.63) is 99.9 Å². The van der Waals surface area contributed by atoms with E-state index in [9.17, 15) is 4.79 Å². The van der Waals surface area contributed by atoms with E-state index in [1.807, 2.05) is 74.5 Å². The lowest BCUT2D eigenvalue weighted by molar-refractivity contribution is -0.136. The smallest absolute Gasteiger partial charge is 0.304 e. The van der Waals surface area contributed by atoms with Crippen molar-refractivity contribution in [2.24, 2.45) is 0 Å². The maximum Gasteiger partial charge on any atom is 0.304 e. The van der Waals surface area contributed by atoms with Crippen LogP contribution in [0.1, 0.15) is 40.7 Å². The van der Waals surface area contributed by atoms with E-state index >= 15 is 0 Å². The van der Waals surface area contributed by atoms with Crippen molar-refractivity contribution in [2.75, 3.05) is 6.54 Å². The summed E-state index contributed by atoms with van der Waals surface area (Å²) in [6, 6.07) is 21.0. The molecule has 0 saturated heterocycles. The van der Waals surface area contributed by atoms with Crippen LogP contribution in [-0.2, 0) is 11.3 Å². The van der Waals surface area contributed by atoms with Gasteiger partial charge in [-0.3, -0.25) is 4.79 Å². The SMILES string of the molecule is Cc1ccc(OC(c2nc(-c3ccc(CNCCC(=O)O)cc3)no2)c2ccccc2Cl)cc1C. The molecule has 0 aliphatic heterocycles. The maximum absolute atomic E-state index is 10.6. The van der Waals surface area contributed by atoms with Gasteiger partial charge in [0.1, 0.15) is 5.75 Å². The van der Waals surface area contributed by atoms with E-state index in [0.29, 0.717) is 35.6 Å². The minimum atomic E-state index is -0.822. The van der Waals surface area contributed by atoms with Crippen LogP contribution in [0, 0.1) is 13.8 Å². The number of carboxylic acids is 1. The molecule has 0 amide bonds. The van der Waals surface area contributed by atoms with Gasteiger partial charge in [0.15, 0.2) is 0 Å². The molecule has 180 valence electrons. The highest BCUT2D eigenvalue weighted by Crippen LogP contribution is 2.33. The van der Waals surface area contributed by atoms with E-state index in [0.717, 1.165) is 22.3 Å². The van der Waals surface area contributed by atoms with Gasteiger partial charge in [0.05, 0.1) is 6.42 Å². The van der Waals surface area contributed by atoms with Crippen LogP contribution in [-0.4, -0.2) is 27.8 Å². The van der Waals surface area contributed by atoms with Crippen molar-refractivity contribution in [3.8, 4) is 17.1 Å². The van der Waals surface area contributed by atoms with Crippen LogP contribution in [0.3, 0.4) is 0 Å². The van der Waals surface area contributed by atoms with E-state index in [4.69, 9.17) is 26.0 Å². The second kappa shape index (κ2) is 11.2. The number of benzene rings is 3. The van der Waals surface area contributed by atoms with Crippen molar-refractivity contribution >= 4 is 17.6 Å². The van der Waals surface area contributed by atoms with Crippen molar-refractivity contribution in [1.29, 1.82) is 0 Å². The van der Waals surface area contributed by atoms with Crippen molar-refractivity contribution in [3.63, 3.8) is 0 Å². The first-order valence-corrected chi connectivity index (χ1v) is 11.6. The molecular formula is C27H26ClN3O4. The molecule has 0 saturated carbocycles. The molecule has 0 aliphatic carbocycles. The lowest BCUT2D eigenvalue weighted by atomic mass is 10.1. The number of hydrogen-bond acceptors (Lipinski definition) is 6. The maximum atomic E-state index is 10.6. The van der Waals surface area contributed by atoms with Gasteiger partial charge in [0.25, 0.3) is 5.89 Å². The van der Waals surface area contributed by atoms with E-state index in [1.54, 1.807) is 6.07 Å². The summed E-state index contributed by atoms with van der Waals surface area (Å²) in [4.78, 5) is 15.2. The van der Waals surface area contributed by atoms with Crippen LogP contribution >= 0.6 is 11.6 Å². The summed E-state index contributed by atoms with van der Waals surface area (Å²) < 4.78 is 11.9. The van der Waals surface area contributed by atoms with Gasteiger partial charge < -0.3 is 19.7 Å². The fraction of sp³-hybridized carbons (Fsp3) is 0.222. The Kier molecular flexibility index (Phi) is 7.80. The van der Waals surface area contributed by atoms with Gasteiger partial charge in [-0.25, -0.2) is 0 Å². The highest BCUT2D eigenvalue weighted by molar-refractivity contribution is 6.31. The van der Waals surface area contributed by atoms with Crippen molar-refractivity contribution in [1.82, 2.24) is 15.5 Å². The topological polar surface area (TPSA) is 97.5 Å². The van der Waals surface area contributed by atoms with E-state index < -0.39 is 12.1 Å². The van der Waals surface area contributed by atoms with Gasteiger partial charge in [-0.15, -0.1) is 0 Å². The zero-order chi connectivity index (χ0) is 24.8. The summed E-state index contributed by atoms with van der Waals surface area (Å²) >= 11 is 6.49. The third kappa shape index (κ3) is 6.26. The number of ether oxygens (including phenoxy) is 1. The molecule has 8 heteroatoms. The largest absolute Gasteiger partial charge is 0.481 e. The number of aliphatic carboxylic acids is 1. The Morgan fingerprint density at radius 2 is 1.86 bits per heavy atom. The molecule has 2 N–H and O–H groups in total. The first-order valence-electron chi connectivity index (χ1n) is 11.2. The molecule has 4 aromatic rings. The molecule has 0 aliphatic rings. The fourth-order valence-corrected chi connectivity index (χ4v) is 3.75. The Balaban J connectivity index is 1.55. The zero-order valence-corrected chi connectivity index (χ0v) is 20.2. The molecule has 0 spiro atoms. The molecule has 7 nitrogen and oxygen atoms in total. The summed E-state index contributed by atoms with van der Waals surface area (Å²) in [6.45, 7) is 5.06. The predicted molar refractivity (Wildman–Crippen MR) is 134 cm³/mol. The third-order valence-electron chi connectivity index (χ3n) is 5.64. The lowest BCUT2D eigenvalue weighted by Crippen LogP contribution is -2.17. The van der Waals surface area contributed by atoms with Gasteiger partial charge in [-0.05, 0) is 48.7 Å². The number of carbonyl (C=O) groups is 1. The Bertz CT molecular complexity index is 1300. The molecule has 0 fully saturated rings. The number of nitrogens with one attached hydrogen (secondary N) is 1. The first-order chi connectivity index (χ1) is 16.9. The third-order valence-corrected chi connectivity index (χ3v) is 5.99. The highest BCUT2D eigenvalue weighted by Gasteiger charge is 2.26. The summed E-state index contributed by atoms with van der Waals surface area (Å²) in [6.07, 6.45) is -0.592. The number of hydrogen-bond donors (Lipinski definition) is 2. The second-order valence-corrected chi connectivity index (χ2v) is 8.65. The summed E-state index contributed by atoms with van der Waals surface area (Å²) in [5, 5.41) is 16.5. The van der Waals surface area contributed by atoms with Crippen LogP contribution in [0.2, 0.25) is 5.02 Å². The Hall–Kier alpha value is -3.68. The minimum absolute atomic E-state index is 0.0839. The van der Waals surface area contributed by atoms with E-state index in [-0.39, 0.29) is 6.42 Å². The van der Waals surface area contributed by atoms with Crippen molar-refractivity contribution in [2.45, 2.75) is 32.9 Å². The molecule has 35 heavy (non-hydrogen) atoms. The molecule has 1 unspecified atom stereocenters. The van der Waals surface area contributed by atoms with Crippen LogP contribution in [0.5, 0.6) is 5.75 Å². The number of rotatable bonds is 10. The van der Waals surface area contributed by atoms with Crippen LogP contribution in [0.4, 0.5) is 0 Å². The summed E-state index contributed by atoms with van der Waals surface area (Å²) in [7, 11) is 0. The first kappa shape index (κ1) is 24.4.